The summed E-state index contributed by atoms with van der Waals surface area (Å²) >= 11 is 1.59. The van der Waals surface area contributed by atoms with Gasteiger partial charge in [-0.3, -0.25) is 9.69 Å². The van der Waals surface area contributed by atoms with Crippen LogP contribution in [0.1, 0.15) is 17.5 Å². The van der Waals surface area contributed by atoms with Gasteiger partial charge in [0.25, 0.3) is 0 Å². The van der Waals surface area contributed by atoms with Gasteiger partial charge in [0.05, 0.1) is 4.70 Å². The second-order valence-electron chi connectivity index (χ2n) is 10.0. The molecule has 1 amide bonds. The highest BCUT2D eigenvalue weighted by Crippen LogP contribution is 2.44. The lowest BCUT2D eigenvalue weighted by molar-refractivity contribution is -0.125. The Morgan fingerprint density at radius 2 is 1.79 bits per heavy atom. The van der Waals surface area contributed by atoms with Gasteiger partial charge >= 0.3 is 0 Å². The van der Waals surface area contributed by atoms with Crippen LogP contribution in [0.4, 0.5) is 5.82 Å². The number of nitrogens with zero attached hydrogens (tertiary/aromatic N) is 3. The molecule has 1 unspecified atom stereocenters. The number of amides is 1. The molecule has 6 rings (SSSR count). The fourth-order valence-electron chi connectivity index (χ4n) is 5.76. The van der Waals surface area contributed by atoms with Crippen LogP contribution in [0.3, 0.4) is 0 Å². The minimum Gasteiger partial charge on any atom is -0.355 e. The summed E-state index contributed by atoms with van der Waals surface area (Å²) in [4.78, 5) is 17.8. The van der Waals surface area contributed by atoms with E-state index in [1.54, 1.807) is 11.5 Å². The van der Waals surface area contributed by atoms with Crippen LogP contribution in [0.2, 0.25) is 0 Å². The van der Waals surface area contributed by atoms with Crippen LogP contribution in [-0.2, 0) is 17.6 Å². The number of rotatable bonds is 6. The molecule has 3 aromatic rings. The molecule has 34 heavy (non-hydrogen) atoms. The van der Waals surface area contributed by atoms with E-state index in [4.69, 9.17) is 4.37 Å². The van der Waals surface area contributed by atoms with Crippen molar-refractivity contribution >= 4 is 33.3 Å². The van der Waals surface area contributed by atoms with E-state index in [9.17, 15) is 4.79 Å². The number of aryl methyl sites for hydroxylation is 1. The summed E-state index contributed by atoms with van der Waals surface area (Å²) < 4.78 is 5.99. The van der Waals surface area contributed by atoms with E-state index in [1.807, 2.05) is 0 Å². The van der Waals surface area contributed by atoms with Gasteiger partial charge in [-0.25, -0.2) is 0 Å². The first-order valence-electron chi connectivity index (χ1n) is 12.5. The summed E-state index contributed by atoms with van der Waals surface area (Å²) in [5.41, 5.74) is 4.06. The zero-order valence-electron chi connectivity index (χ0n) is 19.6. The third-order valence-electron chi connectivity index (χ3n) is 8.03. The van der Waals surface area contributed by atoms with Crippen molar-refractivity contribution in [2.24, 2.45) is 17.8 Å². The van der Waals surface area contributed by atoms with Crippen LogP contribution in [0.25, 0.3) is 10.1 Å². The Labute approximate surface area is 205 Å². The molecule has 0 bridgehead atoms. The normalized spacial score (nSPS) is 24.8. The first kappa shape index (κ1) is 21.8. The highest BCUT2D eigenvalue weighted by Gasteiger charge is 2.43. The molecule has 1 aliphatic heterocycles. The smallest absolute Gasteiger partial charge is 0.223 e. The molecular weight excluding hydrogens is 440 g/mol. The van der Waals surface area contributed by atoms with Crippen molar-refractivity contribution in [1.82, 2.24) is 14.6 Å². The number of piperazine rings is 1. The SMILES string of the molecule is C=C1[C@H](CNC(=O)C2CCc3ccccc3C2)[C@H]1CN1CCN(c2nsc3ccccc23)CC1. The fraction of sp³-hybridized carbons (Fsp3) is 0.429. The van der Waals surface area contributed by atoms with Crippen LogP contribution in [0.5, 0.6) is 0 Å². The fourth-order valence-corrected chi connectivity index (χ4v) is 6.56. The molecule has 2 aromatic carbocycles. The molecule has 3 atom stereocenters. The van der Waals surface area contributed by atoms with E-state index < -0.39 is 0 Å². The largest absolute Gasteiger partial charge is 0.355 e. The summed E-state index contributed by atoms with van der Waals surface area (Å²) in [6, 6.07) is 17.1. The van der Waals surface area contributed by atoms with Gasteiger partial charge in [-0.05, 0) is 54.1 Å². The molecule has 1 saturated carbocycles. The predicted molar refractivity (Wildman–Crippen MR) is 139 cm³/mol. The maximum absolute atomic E-state index is 12.8. The van der Waals surface area contributed by atoms with E-state index >= 15 is 0 Å². The van der Waals surface area contributed by atoms with E-state index in [0.717, 1.165) is 64.3 Å². The van der Waals surface area contributed by atoms with Crippen LogP contribution >= 0.6 is 11.5 Å². The summed E-state index contributed by atoms with van der Waals surface area (Å²) in [6.45, 7) is 10.2. The number of aromatic nitrogens is 1. The number of nitrogens with one attached hydrogen (secondary N) is 1. The topological polar surface area (TPSA) is 48.5 Å². The van der Waals surface area contributed by atoms with Gasteiger partial charge < -0.3 is 10.2 Å². The summed E-state index contributed by atoms with van der Waals surface area (Å²) in [6.07, 6.45) is 2.84. The Balaban J connectivity index is 0.965. The first-order chi connectivity index (χ1) is 16.7. The molecule has 176 valence electrons. The number of anilines is 1. The second-order valence-corrected chi connectivity index (χ2v) is 10.8. The van der Waals surface area contributed by atoms with Crippen LogP contribution in [-0.4, -0.2) is 54.4 Å². The van der Waals surface area contributed by atoms with Crippen LogP contribution < -0.4 is 10.2 Å². The monoisotopic (exact) mass is 472 g/mol. The number of carbonyl (C=O) groups is 1. The first-order valence-corrected chi connectivity index (χ1v) is 13.3. The zero-order valence-corrected chi connectivity index (χ0v) is 20.4. The number of hydrogen-bond donors (Lipinski definition) is 1. The Morgan fingerprint density at radius 1 is 1.03 bits per heavy atom. The third-order valence-corrected chi connectivity index (χ3v) is 8.85. The molecule has 2 aliphatic carbocycles. The van der Waals surface area contributed by atoms with Gasteiger partial charge in [0, 0.05) is 62.4 Å². The molecular formula is C28H32N4OS. The maximum Gasteiger partial charge on any atom is 0.223 e. The number of fused-ring (bicyclic) bond motifs is 2. The maximum atomic E-state index is 12.8. The molecule has 0 spiro atoms. The van der Waals surface area contributed by atoms with Crippen molar-refractivity contribution in [3.63, 3.8) is 0 Å². The molecule has 1 N–H and O–H groups in total. The molecule has 1 aromatic heterocycles. The van der Waals surface area contributed by atoms with E-state index in [-0.39, 0.29) is 11.8 Å². The second kappa shape index (κ2) is 9.16. The highest BCUT2D eigenvalue weighted by molar-refractivity contribution is 7.13. The van der Waals surface area contributed by atoms with Gasteiger partial charge in [-0.15, -0.1) is 0 Å². The standard InChI is InChI=1S/C28H32N4OS/c1-19-24(17-29-28(33)22-11-10-20-6-2-3-7-21(20)16-22)25(19)18-31-12-14-32(15-13-31)27-23-8-4-5-9-26(23)34-30-27/h2-9,22,24-25H,1,10-18H2,(H,29,33)/t22?,24-,25-/m0/s1. The lowest BCUT2D eigenvalue weighted by atomic mass is 9.83. The molecule has 2 fully saturated rings. The van der Waals surface area contributed by atoms with Gasteiger partial charge in [0.1, 0.15) is 5.82 Å². The van der Waals surface area contributed by atoms with E-state index in [0.29, 0.717) is 11.8 Å². The van der Waals surface area contributed by atoms with Crippen molar-refractivity contribution in [3.05, 3.63) is 71.8 Å². The van der Waals surface area contributed by atoms with Crippen LogP contribution in [0.15, 0.2) is 60.7 Å². The molecule has 5 nitrogen and oxygen atoms in total. The van der Waals surface area contributed by atoms with Crippen LogP contribution in [0, 0.1) is 17.8 Å². The minimum atomic E-state index is 0.107. The van der Waals surface area contributed by atoms with Crippen molar-refractivity contribution < 1.29 is 4.79 Å². The molecule has 1 saturated heterocycles. The third kappa shape index (κ3) is 4.25. The molecule has 0 radical (unpaired) electrons. The van der Waals surface area contributed by atoms with Gasteiger partial charge in [-0.2, -0.15) is 4.37 Å². The Bertz CT molecular complexity index is 1210. The lowest BCUT2D eigenvalue weighted by Gasteiger charge is -2.35. The van der Waals surface area contributed by atoms with Gasteiger partial charge in [0.2, 0.25) is 5.91 Å². The van der Waals surface area contributed by atoms with Gasteiger partial charge in [0.15, 0.2) is 0 Å². The van der Waals surface area contributed by atoms with Crippen molar-refractivity contribution in [1.29, 1.82) is 0 Å². The quantitative estimate of drug-likeness (QED) is 0.548. The van der Waals surface area contributed by atoms with Crippen molar-refractivity contribution in [2.75, 3.05) is 44.2 Å². The minimum absolute atomic E-state index is 0.107. The number of hydrogen-bond acceptors (Lipinski definition) is 5. The average Bonchev–Trinajstić information content (AvgIpc) is 3.28. The molecule has 3 aliphatic rings. The summed E-state index contributed by atoms with van der Waals surface area (Å²) in [7, 11) is 0. The van der Waals surface area contributed by atoms with Crippen molar-refractivity contribution in [2.45, 2.75) is 19.3 Å². The summed E-state index contributed by atoms with van der Waals surface area (Å²) in [5, 5.41) is 4.52. The Morgan fingerprint density at radius 3 is 2.65 bits per heavy atom. The Hall–Kier alpha value is -2.70. The molecule has 6 heteroatoms. The number of benzene rings is 2. The zero-order chi connectivity index (χ0) is 23.1. The average molecular weight is 473 g/mol. The molecule has 2 heterocycles. The Kier molecular flexibility index (Phi) is 5.87. The van der Waals surface area contributed by atoms with E-state index in [2.05, 4.69) is 70.2 Å². The number of carbonyl (C=O) groups excluding carboxylic acids is 1. The predicted octanol–water partition coefficient (Wildman–Crippen LogP) is 4.14. The highest BCUT2D eigenvalue weighted by atomic mass is 32.1. The van der Waals surface area contributed by atoms with E-state index in [1.165, 1.54) is 26.8 Å². The van der Waals surface area contributed by atoms with Crippen molar-refractivity contribution in [3.8, 4) is 0 Å². The van der Waals surface area contributed by atoms with Gasteiger partial charge in [-0.1, -0.05) is 48.6 Å². The summed E-state index contributed by atoms with van der Waals surface area (Å²) in [5.74, 6) is 2.41. The lowest BCUT2D eigenvalue weighted by Crippen LogP contribution is -2.47.